The number of hydrogen-bond donors (Lipinski definition) is 1. The van der Waals surface area contributed by atoms with Crippen molar-refractivity contribution in [1.82, 2.24) is 9.97 Å². The Balaban J connectivity index is 1.82. The minimum absolute atomic E-state index is 0.382. The van der Waals surface area contributed by atoms with Crippen molar-refractivity contribution in [1.29, 1.82) is 0 Å². The molecule has 0 spiro atoms. The SMILES string of the molecule is COc1ccccc1OCc1nc2cc(C)c(C)cc2[nH]1. The third-order valence-electron chi connectivity index (χ3n) is 3.58. The molecule has 0 bridgehead atoms. The molecule has 0 aliphatic carbocycles. The maximum atomic E-state index is 5.79. The molecule has 3 aromatic rings. The average molecular weight is 282 g/mol. The molecule has 21 heavy (non-hydrogen) atoms. The number of nitrogens with one attached hydrogen (secondary N) is 1. The van der Waals surface area contributed by atoms with E-state index in [1.54, 1.807) is 7.11 Å². The van der Waals surface area contributed by atoms with Crippen LogP contribution in [0.1, 0.15) is 17.0 Å². The van der Waals surface area contributed by atoms with Gasteiger partial charge >= 0.3 is 0 Å². The summed E-state index contributed by atoms with van der Waals surface area (Å²) in [6.07, 6.45) is 0. The molecule has 0 saturated carbocycles. The number of para-hydroxylation sites is 2. The zero-order valence-corrected chi connectivity index (χ0v) is 12.4. The van der Waals surface area contributed by atoms with Gasteiger partial charge in [0.05, 0.1) is 18.1 Å². The summed E-state index contributed by atoms with van der Waals surface area (Å²) >= 11 is 0. The summed E-state index contributed by atoms with van der Waals surface area (Å²) in [6.45, 7) is 4.57. The number of aromatic nitrogens is 2. The lowest BCUT2D eigenvalue weighted by Crippen LogP contribution is -1.99. The maximum absolute atomic E-state index is 5.79. The predicted octanol–water partition coefficient (Wildman–Crippen LogP) is 3.77. The van der Waals surface area contributed by atoms with Gasteiger partial charge in [0.25, 0.3) is 0 Å². The van der Waals surface area contributed by atoms with Gasteiger partial charge in [-0.25, -0.2) is 4.98 Å². The standard InChI is InChI=1S/C17H18N2O2/c1-11-8-13-14(9-12(11)2)19-17(18-13)10-21-16-7-5-4-6-15(16)20-3/h4-9H,10H2,1-3H3,(H,18,19). The van der Waals surface area contributed by atoms with E-state index in [2.05, 4.69) is 35.9 Å². The van der Waals surface area contributed by atoms with Gasteiger partial charge in [0, 0.05) is 0 Å². The molecular formula is C17H18N2O2. The third-order valence-corrected chi connectivity index (χ3v) is 3.58. The fraction of sp³-hybridized carbons (Fsp3) is 0.235. The van der Waals surface area contributed by atoms with Crippen LogP contribution in [0, 0.1) is 13.8 Å². The number of aryl methyl sites for hydroxylation is 2. The van der Waals surface area contributed by atoms with E-state index in [4.69, 9.17) is 9.47 Å². The quantitative estimate of drug-likeness (QED) is 0.792. The van der Waals surface area contributed by atoms with Crippen molar-refractivity contribution in [3.05, 3.63) is 53.3 Å². The lowest BCUT2D eigenvalue weighted by atomic mass is 10.1. The van der Waals surface area contributed by atoms with Crippen molar-refractivity contribution in [3.8, 4) is 11.5 Å². The largest absolute Gasteiger partial charge is 0.493 e. The minimum Gasteiger partial charge on any atom is -0.493 e. The molecule has 0 aliphatic heterocycles. The van der Waals surface area contributed by atoms with Crippen LogP contribution in [-0.4, -0.2) is 17.1 Å². The van der Waals surface area contributed by atoms with E-state index in [0.29, 0.717) is 12.4 Å². The van der Waals surface area contributed by atoms with E-state index in [1.165, 1.54) is 11.1 Å². The summed E-state index contributed by atoms with van der Waals surface area (Å²) < 4.78 is 11.1. The summed E-state index contributed by atoms with van der Waals surface area (Å²) in [5.74, 6) is 2.24. The number of ether oxygens (including phenoxy) is 2. The summed E-state index contributed by atoms with van der Waals surface area (Å²) in [4.78, 5) is 7.86. The van der Waals surface area contributed by atoms with Crippen LogP contribution in [0.2, 0.25) is 0 Å². The Hall–Kier alpha value is -2.49. The number of fused-ring (bicyclic) bond motifs is 1. The van der Waals surface area contributed by atoms with Gasteiger partial charge in [-0.2, -0.15) is 0 Å². The van der Waals surface area contributed by atoms with Crippen molar-refractivity contribution >= 4 is 11.0 Å². The Bertz CT molecular complexity index is 739. The number of benzene rings is 2. The summed E-state index contributed by atoms with van der Waals surface area (Å²) in [6, 6.07) is 11.8. The molecule has 0 fully saturated rings. The van der Waals surface area contributed by atoms with Crippen LogP contribution in [0.5, 0.6) is 11.5 Å². The Morgan fingerprint density at radius 1 is 1.05 bits per heavy atom. The van der Waals surface area contributed by atoms with Gasteiger partial charge in [0.2, 0.25) is 0 Å². The van der Waals surface area contributed by atoms with Gasteiger partial charge < -0.3 is 14.5 Å². The molecular weight excluding hydrogens is 264 g/mol. The predicted molar refractivity (Wildman–Crippen MR) is 82.9 cm³/mol. The Morgan fingerprint density at radius 2 is 1.76 bits per heavy atom. The molecule has 4 nitrogen and oxygen atoms in total. The Morgan fingerprint density at radius 3 is 2.52 bits per heavy atom. The molecule has 0 atom stereocenters. The molecule has 0 aliphatic rings. The summed E-state index contributed by atoms with van der Waals surface area (Å²) in [5.41, 5.74) is 4.50. The smallest absolute Gasteiger partial charge is 0.161 e. The van der Waals surface area contributed by atoms with Crippen molar-refractivity contribution in [2.45, 2.75) is 20.5 Å². The van der Waals surface area contributed by atoms with Crippen LogP contribution < -0.4 is 9.47 Å². The van der Waals surface area contributed by atoms with Gasteiger partial charge in [0.1, 0.15) is 12.4 Å². The number of methoxy groups -OCH3 is 1. The highest BCUT2D eigenvalue weighted by Crippen LogP contribution is 2.26. The number of imidazole rings is 1. The second-order valence-electron chi connectivity index (χ2n) is 5.08. The highest BCUT2D eigenvalue weighted by Gasteiger charge is 2.07. The van der Waals surface area contributed by atoms with Gasteiger partial charge in [-0.15, -0.1) is 0 Å². The molecule has 1 heterocycles. The summed E-state index contributed by atoms with van der Waals surface area (Å²) in [5, 5.41) is 0. The molecule has 0 amide bonds. The van der Waals surface area contributed by atoms with Crippen LogP contribution in [0.15, 0.2) is 36.4 Å². The molecule has 1 N–H and O–H groups in total. The second kappa shape index (κ2) is 5.48. The van der Waals surface area contributed by atoms with Crippen molar-refractivity contribution in [2.24, 2.45) is 0 Å². The van der Waals surface area contributed by atoms with Crippen LogP contribution >= 0.6 is 0 Å². The fourth-order valence-corrected chi connectivity index (χ4v) is 2.27. The van der Waals surface area contributed by atoms with E-state index >= 15 is 0 Å². The minimum atomic E-state index is 0.382. The van der Waals surface area contributed by atoms with Gasteiger partial charge in [0.15, 0.2) is 11.5 Å². The first-order valence-electron chi connectivity index (χ1n) is 6.89. The van der Waals surface area contributed by atoms with Crippen LogP contribution in [0.4, 0.5) is 0 Å². The lowest BCUT2D eigenvalue weighted by molar-refractivity contribution is 0.277. The lowest BCUT2D eigenvalue weighted by Gasteiger charge is -2.08. The van der Waals surface area contributed by atoms with E-state index in [1.807, 2.05) is 24.3 Å². The number of nitrogens with zero attached hydrogens (tertiary/aromatic N) is 1. The van der Waals surface area contributed by atoms with E-state index in [-0.39, 0.29) is 0 Å². The molecule has 0 saturated heterocycles. The first-order valence-corrected chi connectivity index (χ1v) is 6.89. The van der Waals surface area contributed by atoms with E-state index < -0.39 is 0 Å². The van der Waals surface area contributed by atoms with Crippen LogP contribution in [-0.2, 0) is 6.61 Å². The number of H-pyrrole nitrogens is 1. The maximum Gasteiger partial charge on any atom is 0.161 e. The van der Waals surface area contributed by atoms with E-state index in [9.17, 15) is 0 Å². The van der Waals surface area contributed by atoms with E-state index in [0.717, 1.165) is 22.6 Å². The topological polar surface area (TPSA) is 47.1 Å². The molecule has 0 radical (unpaired) electrons. The van der Waals surface area contributed by atoms with Crippen LogP contribution in [0.25, 0.3) is 11.0 Å². The molecule has 4 heteroatoms. The molecule has 1 aromatic heterocycles. The zero-order valence-electron chi connectivity index (χ0n) is 12.4. The monoisotopic (exact) mass is 282 g/mol. The van der Waals surface area contributed by atoms with Crippen molar-refractivity contribution in [2.75, 3.05) is 7.11 Å². The molecule has 0 unspecified atom stereocenters. The summed E-state index contributed by atoms with van der Waals surface area (Å²) in [7, 11) is 1.63. The first kappa shape index (κ1) is 13.5. The fourth-order valence-electron chi connectivity index (χ4n) is 2.27. The molecule has 3 rings (SSSR count). The third kappa shape index (κ3) is 2.70. The average Bonchev–Trinajstić information content (AvgIpc) is 2.87. The van der Waals surface area contributed by atoms with Crippen molar-refractivity contribution in [3.63, 3.8) is 0 Å². The zero-order chi connectivity index (χ0) is 14.8. The molecule has 2 aromatic carbocycles. The number of rotatable bonds is 4. The Kier molecular flexibility index (Phi) is 3.52. The van der Waals surface area contributed by atoms with Gasteiger partial charge in [-0.3, -0.25) is 0 Å². The number of hydrogen-bond acceptors (Lipinski definition) is 3. The van der Waals surface area contributed by atoms with Gasteiger partial charge in [-0.1, -0.05) is 12.1 Å². The van der Waals surface area contributed by atoms with Gasteiger partial charge in [-0.05, 0) is 49.2 Å². The Labute approximate surface area is 123 Å². The highest BCUT2D eigenvalue weighted by molar-refractivity contribution is 5.77. The van der Waals surface area contributed by atoms with Crippen molar-refractivity contribution < 1.29 is 9.47 Å². The normalized spacial score (nSPS) is 10.8. The van der Waals surface area contributed by atoms with Crippen LogP contribution in [0.3, 0.4) is 0 Å². The second-order valence-corrected chi connectivity index (χ2v) is 5.08. The highest BCUT2D eigenvalue weighted by atomic mass is 16.5. The first-order chi connectivity index (χ1) is 10.2. The molecule has 108 valence electrons. The number of aromatic amines is 1.